The van der Waals surface area contributed by atoms with Crippen molar-refractivity contribution in [3.05, 3.63) is 83.0 Å². The number of benzene rings is 3. The van der Waals surface area contributed by atoms with Gasteiger partial charge in [-0.15, -0.1) is 0 Å². The standard InChI is InChI=1S/C22H15FN2O3S/c23-16-10-8-14(9-11-16)12-19-21(27)25(22(28)29-19)13-20(26)24-18-7-3-5-15-4-1-2-6-17(15)18/h1-12H,13H2,(H,24,26)/b19-12+. The molecule has 1 N–H and O–H groups in total. The lowest BCUT2D eigenvalue weighted by molar-refractivity contribution is -0.127. The van der Waals surface area contributed by atoms with Gasteiger partial charge in [0.1, 0.15) is 12.4 Å². The molecule has 1 heterocycles. The van der Waals surface area contributed by atoms with Crippen molar-refractivity contribution in [1.82, 2.24) is 4.90 Å². The van der Waals surface area contributed by atoms with E-state index in [0.29, 0.717) is 11.3 Å². The molecule has 0 atom stereocenters. The van der Waals surface area contributed by atoms with Crippen LogP contribution >= 0.6 is 11.8 Å². The summed E-state index contributed by atoms with van der Waals surface area (Å²) in [6, 6.07) is 18.7. The second-order valence-electron chi connectivity index (χ2n) is 6.39. The molecule has 0 aromatic heterocycles. The predicted molar refractivity (Wildman–Crippen MR) is 112 cm³/mol. The quantitative estimate of drug-likeness (QED) is 0.641. The molecular formula is C22H15FN2O3S. The van der Waals surface area contributed by atoms with Crippen LogP contribution < -0.4 is 5.32 Å². The van der Waals surface area contributed by atoms with E-state index in [2.05, 4.69) is 5.32 Å². The Morgan fingerprint density at radius 2 is 1.72 bits per heavy atom. The topological polar surface area (TPSA) is 66.5 Å². The number of halogens is 1. The normalized spacial score (nSPS) is 15.3. The van der Waals surface area contributed by atoms with Crippen LogP contribution in [0.3, 0.4) is 0 Å². The molecule has 144 valence electrons. The SMILES string of the molecule is O=C(CN1C(=O)S/C(=C/c2ccc(F)cc2)C1=O)Nc1cccc2ccccc12. The van der Waals surface area contributed by atoms with Crippen LogP contribution in [0.15, 0.2) is 71.6 Å². The first-order chi connectivity index (χ1) is 14.0. The van der Waals surface area contributed by atoms with Gasteiger partial charge in [0.25, 0.3) is 11.1 Å². The summed E-state index contributed by atoms with van der Waals surface area (Å²) < 4.78 is 13.0. The molecule has 0 radical (unpaired) electrons. The summed E-state index contributed by atoms with van der Waals surface area (Å²) >= 11 is 0.756. The molecule has 5 nitrogen and oxygen atoms in total. The highest BCUT2D eigenvalue weighted by molar-refractivity contribution is 8.18. The summed E-state index contributed by atoms with van der Waals surface area (Å²) in [7, 11) is 0. The van der Waals surface area contributed by atoms with Gasteiger partial charge in [-0.3, -0.25) is 19.3 Å². The number of hydrogen-bond donors (Lipinski definition) is 1. The van der Waals surface area contributed by atoms with E-state index < -0.39 is 17.1 Å². The molecule has 0 saturated carbocycles. The maximum Gasteiger partial charge on any atom is 0.294 e. The first-order valence-electron chi connectivity index (χ1n) is 8.80. The van der Waals surface area contributed by atoms with Gasteiger partial charge in [0.15, 0.2) is 0 Å². The fraction of sp³-hybridized carbons (Fsp3) is 0.0455. The number of thioether (sulfide) groups is 1. The number of hydrogen-bond acceptors (Lipinski definition) is 4. The number of amides is 3. The number of imide groups is 1. The Balaban J connectivity index is 1.48. The van der Waals surface area contributed by atoms with Crippen molar-refractivity contribution in [2.24, 2.45) is 0 Å². The Morgan fingerprint density at radius 1 is 1.00 bits per heavy atom. The average Bonchev–Trinajstić information content (AvgIpc) is 2.97. The molecule has 29 heavy (non-hydrogen) atoms. The number of anilines is 1. The van der Waals surface area contributed by atoms with Gasteiger partial charge in [-0.25, -0.2) is 4.39 Å². The summed E-state index contributed by atoms with van der Waals surface area (Å²) in [5.74, 6) is -1.40. The Hall–Kier alpha value is -3.45. The molecule has 3 aromatic rings. The second-order valence-corrected chi connectivity index (χ2v) is 7.39. The van der Waals surface area contributed by atoms with E-state index in [1.165, 1.54) is 30.3 Å². The molecule has 4 rings (SSSR count). The predicted octanol–water partition coefficient (Wildman–Crippen LogP) is 4.65. The minimum atomic E-state index is -0.544. The first-order valence-corrected chi connectivity index (χ1v) is 9.61. The molecule has 1 saturated heterocycles. The molecule has 3 aromatic carbocycles. The fourth-order valence-electron chi connectivity index (χ4n) is 3.01. The van der Waals surface area contributed by atoms with Crippen molar-refractivity contribution in [3.63, 3.8) is 0 Å². The van der Waals surface area contributed by atoms with Gasteiger partial charge in [-0.05, 0) is 47.0 Å². The van der Waals surface area contributed by atoms with Crippen LogP contribution in [-0.4, -0.2) is 28.5 Å². The number of carbonyl (C=O) groups excluding carboxylic acids is 3. The van der Waals surface area contributed by atoms with Crippen molar-refractivity contribution in [2.75, 3.05) is 11.9 Å². The lowest BCUT2D eigenvalue weighted by atomic mass is 10.1. The second kappa shape index (κ2) is 7.89. The lowest BCUT2D eigenvalue weighted by Crippen LogP contribution is -2.36. The van der Waals surface area contributed by atoms with Gasteiger partial charge in [0, 0.05) is 11.1 Å². The smallest absolute Gasteiger partial charge is 0.294 e. The van der Waals surface area contributed by atoms with Gasteiger partial charge >= 0.3 is 0 Å². The molecular weight excluding hydrogens is 391 g/mol. The zero-order valence-corrected chi connectivity index (χ0v) is 15.9. The Bertz CT molecular complexity index is 1150. The van der Waals surface area contributed by atoms with E-state index in [1.807, 2.05) is 36.4 Å². The molecule has 3 amide bonds. The zero-order chi connectivity index (χ0) is 20.4. The van der Waals surface area contributed by atoms with Gasteiger partial charge in [0.2, 0.25) is 5.91 Å². The largest absolute Gasteiger partial charge is 0.324 e. The highest BCUT2D eigenvalue weighted by Gasteiger charge is 2.36. The molecule has 7 heteroatoms. The monoisotopic (exact) mass is 406 g/mol. The third kappa shape index (κ3) is 4.05. The van der Waals surface area contributed by atoms with Crippen LogP contribution in [0.1, 0.15) is 5.56 Å². The Labute approximate surface area is 170 Å². The maximum atomic E-state index is 13.0. The van der Waals surface area contributed by atoms with E-state index in [4.69, 9.17) is 0 Å². The fourth-order valence-corrected chi connectivity index (χ4v) is 3.85. The van der Waals surface area contributed by atoms with E-state index in [-0.39, 0.29) is 17.3 Å². The molecule has 1 aliphatic rings. The van der Waals surface area contributed by atoms with E-state index in [9.17, 15) is 18.8 Å². The molecule has 0 unspecified atom stereocenters. The first kappa shape index (κ1) is 18.9. The number of carbonyl (C=O) groups is 3. The zero-order valence-electron chi connectivity index (χ0n) is 15.1. The third-order valence-corrected chi connectivity index (χ3v) is 5.31. The summed E-state index contributed by atoms with van der Waals surface area (Å²) in [6.07, 6.45) is 1.51. The molecule has 1 fully saturated rings. The molecule has 1 aliphatic heterocycles. The number of fused-ring (bicyclic) bond motifs is 1. The number of rotatable bonds is 4. The van der Waals surface area contributed by atoms with Crippen LogP contribution in [0.4, 0.5) is 14.9 Å². The summed E-state index contributed by atoms with van der Waals surface area (Å²) in [6.45, 7) is -0.380. The van der Waals surface area contributed by atoms with Gasteiger partial charge in [-0.1, -0.05) is 48.5 Å². The van der Waals surface area contributed by atoms with Crippen molar-refractivity contribution in [1.29, 1.82) is 0 Å². The summed E-state index contributed by atoms with van der Waals surface area (Å²) in [5, 5.41) is 4.09. The minimum Gasteiger partial charge on any atom is -0.324 e. The molecule has 0 bridgehead atoms. The van der Waals surface area contributed by atoms with Crippen LogP contribution in [0.5, 0.6) is 0 Å². The van der Waals surface area contributed by atoms with Crippen LogP contribution in [0.25, 0.3) is 16.8 Å². The maximum absolute atomic E-state index is 13.0. The lowest BCUT2D eigenvalue weighted by Gasteiger charge is -2.13. The van der Waals surface area contributed by atoms with Gasteiger partial charge in [-0.2, -0.15) is 0 Å². The summed E-state index contributed by atoms with van der Waals surface area (Å²) in [5.41, 5.74) is 1.21. The van der Waals surface area contributed by atoms with Crippen LogP contribution in [0, 0.1) is 5.82 Å². The summed E-state index contributed by atoms with van der Waals surface area (Å²) in [4.78, 5) is 38.4. The number of nitrogens with zero attached hydrogens (tertiary/aromatic N) is 1. The molecule has 0 spiro atoms. The minimum absolute atomic E-state index is 0.194. The van der Waals surface area contributed by atoms with Crippen molar-refractivity contribution in [2.45, 2.75) is 0 Å². The highest BCUT2D eigenvalue weighted by atomic mass is 32.2. The Morgan fingerprint density at radius 3 is 2.52 bits per heavy atom. The Kier molecular flexibility index (Phi) is 5.14. The van der Waals surface area contributed by atoms with Crippen LogP contribution in [-0.2, 0) is 9.59 Å². The van der Waals surface area contributed by atoms with Crippen molar-refractivity contribution in [3.8, 4) is 0 Å². The van der Waals surface area contributed by atoms with Crippen molar-refractivity contribution < 1.29 is 18.8 Å². The van der Waals surface area contributed by atoms with E-state index in [1.54, 1.807) is 6.07 Å². The highest BCUT2D eigenvalue weighted by Crippen LogP contribution is 2.32. The van der Waals surface area contributed by atoms with Crippen LogP contribution in [0.2, 0.25) is 0 Å². The van der Waals surface area contributed by atoms with Gasteiger partial charge < -0.3 is 5.32 Å². The van der Waals surface area contributed by atoms with Gasteiger partial charge in [0.05, 0.1) is 4.91 Å². The third-order valence-electron chi connectivity index (χ3n) is 4.41. The van der Waals surface area contributed by atoms with Crippen molar-refractivity contribution >= 4 is 51.4 Å². The van der Waals surface area contributed by atoms with E-state index in [0.717, 1.165) is 27.4 Å². The average molecular weight is 406 g/mol. The van der Waals surface area contributed by atoms with E-state index >= 15 is 0 Å². The molecule has 0 aliphatic carbocycles. The number of nitrogens with one attached hydrogen (secondary N) is 1.